The van der Waals surface area contributed by atoms with Crippen LogP contribution >= 0.6 is 0 Å². The number of carboxylic acids is 1. The van der Waals surface area contributed by atoms with Gasteiger partial charge < -0.3 is 15.2 Å². The van der Waals surface area contributed by atoms with Crippen LogP contribution < -0.4 is 5.32 Å². The number of ether oxygens (including phenoxy) is 1. The van der Waals surface area contributed by atoms with Crippen molar-refractivity contribution >= 4 is 12.4 Å². The quantitative estimate of drug-likeness (QED) is 0.588. The second-order valence-electron chi connectivity index (χ2n) is 1.58. The maximum Gasteiger partial charge on any atom is 0.303 e. The number of rotatable bonds is 2. The molecule has 0 spiro atoms. The third kappa shape index (κ3) is 154. The predicted octanol–water partition coefficient (Wildman–Crippen LogP) is 0.106. The van der Waals surface area contributed by atoms with Gasteiger partial charge in [0.15, 0.2) is 0 Å². The molecule has 0 aromatic heterocycles. The molecule has 0 fully saturated rings. The normalized spacial score (nSPS) is 6.33. The lowest BCUT2D eigenvalue weighted by atomic mass is 10.5. The summed E-state index contributed by atoms with van der Waals surface area (Å²) in [5, 5.41) is 10.5. The Morgan fingerprint density at radius 3 is 1.75 bits per heavy atom. The van der Waals surface area contributed by atoms with E-state index in [1.165, 1.54) is 7.11 Å². The molecule has 0 aliphatic carbocycles. The lowest BCUT2D eigenvalue weighted by molar-refractivity contribution is -0.136. The molecule has 0 amide bonds. The highest BCUT2D eigenvalue weighted by atomic mass is 16.5. The average Bonchev–Trinajstić information content (AvgIpc) is 2.06. The Morgan fingerprint density at radius 1 is 1.58 bits per heavy atom. The summed E-state index contributed by atoms with van der Waals surface area (Å²) in [5.74, 6) is -0.745. The molecule has 12 heavy (non-hydrogen) atoms. The van der Waals surface area contributed by atoms with E-state index in [1.807, 2.05) is 14.1 Å². The number of nitrogens with one attached hydrogen (secondary N) is 1. The fourth-order valence-corrected chi connectivity index (χ4v) is 0. The van der Waals surface area contributed by atoms with E-state index in [4.69, 9.17) is 9.90 Å². The van der Waals surface area contributed by atoms with E-state index in [0.717, 1.165) is 0 Å². The van der Waals surface area contributed by atoms with Gasteiger partial charge in [-0.25, -0.2) is 0 Å². The van der Waals surface area contributed by atoms with E-state index in [0.29, 0.717) is 6.47 Å². The van der Waals surface area contributed by atoms with Gasteiger partial charge in [-0.2, -0.15) is 0 Å². The van der Waals surface area contributed by atoms with Gasteiger partial charge in [0.05, 0.1) is 7.11 Å². The molecule has 2 N–H and O–H groups in total. The first-order valence-electron chi connectivity index (χ1n) is 3.37. The van der Waals surface area contributed by atoms with Crippen LogP contribution in [0, 0.1) is 0 Å². The Morgan fingerprint density at radius 2 is 1.75 bits per heavy atom. The zero-order chi connectivity index (χ0) is 10.4. The summed E-state index contributed by atoms with van der Waals surface area (Å²) >= 11 is 0. The number of aliphatic carboxylic acids is 1. The first-order chi connectivity index (χ1) is 5.60. The Kier molecular flexibility index (Phi) is 32.1. The van der Waals surface area contributed by atoms with Gasteiger partial charge in [0, 0.05) is 6.42 Å². The van der Waals surface area contributed by atoms with Gasteiger partial charge >= 0.3 is 5.97 Å². The van der Waals surface area contributed by atoms with E-state index in [2.05, 4.69) is 10.1 Å². The summed E-state index contributed by atoms with van der Waals surface area (Å²) < 4.78 is 3.86. The molecule has 5 heteroatoms. The van der Waals surface area contributed by atoms with Gasteiger partial charge in [0.2, 0.25) is 0 Å². The summed E-state index contributed by atoms with van der Waals surface area (Å²) in [4.78, 5) is 18.3. The van der Waals surface area contributed by atoms with Crippen LogP contribution in [0.5, 0.6) is 0 Å². The topological polar surface area (TPSA) is 75.6 Å². The molecule has 0 atom stereocenters. The van der Waals surface area contributed by atoms with E-state index in [1.54, 1.807) is 6.92 Å². The summed E-state index contributed by atoms with van der Waals surface area (Å²) in [6, 6.07) is 0. The SMILES string of the molecule is CCC(=O)O.CNC.COC=O. The summed E-state index contributed by atoms with van der Waals surface area (Å²) in [5.41, 5.74) is 0. The van der Waals surface area contributed by atoms with Crippen LogP contribution in [-0.4, -0.2) is 38.8 Å². The fourth-order valence-electron chi connectivity index (χ4n) is 0. The second-order valence-corrected chi connectivity index (χ2v) is 1.58. The molecule has 0 heterocycles. The Bertz CT molecular complexity index is 95.4. The zero-order valence-corrected chi connectivity index (χ0v) is 7.96. The summed E-state index contributed by atoms with van der Waals surface area (Å²) in [7, 11) is 5.06. The standard InChI is InChI=1S/C3H6O2.C2H7N.C2H4O2/c1-2-3(4)5;1-3-2;1-4-2-3/h2H2,1H3,(H,4,5);3H,1-2H3;2H,1H3. The second kappa shape index (κ2) is 22.5. The van der Waals surface area contributed by atoms with Crippen molar-refractivity contribution in [2.45, 2.75) is 13.3 Å². The minimum Gasteiger partial charge on any atom is -0.481 e. The van der Waals surface area contributed by atoms with Gasteiger partial charge in [-0.3, -0.25) is 9.59 Å². The van der Waals surface area contributed by atoms with Crippen LogP contribution in [0.3, 0.4) is 0 Å². The fraction of sp³-hybridized carbons (Fsp3) is 0.714. The minimum absolute atomic E-state index is 0.222. The van der Waals surface area contributed by atoms with Crippen molar-refractivity contribution in [2.24, 2.45) is 0 Å². The average molecular weight is 179 g/mol. The lowest BCUT2D eigenvalue weighted by Gasteiger charge is -1.71. The molecule has 0 saturated carbocycles. The maximum atomic E-state index is 9.37. The van der Waals surface area contributed by atoms with E-state index >= 15 is 0 Å². The van der Waals surface area contributed by atoms with Gasteiger partial charge in [-0.1, -0.05) is 6.92 Å². The largest absolute Gasteiger partial charge is 0.481 e. The van der Waals surface area contributed by atoms with E-state index in [9.17, 15) is 4.79 Å². The van der Waals surface area contributed by atoms with Crippen LogP contribution in [0.15, 0.2) is 0 Å². The Hall–Kier alpha value is -1.10. The van der Waals surface area contributed by atoms with Crippen LogP contribution in [0.2, 0.25) is 0 Å². The molecule has 74 valence electrons. The highest BCUT2D eigenvalue weighted by Crippen LogP contribution is 1.67. The molecule has 5 nitrogen and oxygen atoms in total. The smallest absolute Gasteiger partial charge is 0.303 e. The minimum atomic E-state index is -0.745. The molecule has 0 saturated heterocycles. The monoisotopic (exact) mass is 179 g/mol. The zero-order valence-electron chi connectivity index (χ0n) is 7.96. The van der Waals surface area contributed by atoms with Crippen LogP contribution in [-0.2, 0) is 14.3 Å². The highest BCUT2D eigenvalue weighted by Gasteiger charge is 1.80. The summed E-state index contributed by atoms with van der Waals surface area (Å²) in [6.07, 6.45) is 0.222. The van der Waals surface area contributed by atoms with Crippen molar-refractivity contribution in [3.05, 3.63) is 0 Å². The molecule has 0 aliphatic rings. The third-order valence-electron chi connectivity index (χ3n) is 0.399. The maximum absolute atomic E-state index is 9.37. The molecular weight excluding hydrogens is 162 g/mol. The van der Waals surface area contributed by atoms with Crippen molar-refractivity contribution in [3.63, 3.8) is 0 Å². The summed E-state index contributed by atoms with van der Waals surface area (Å²) in [6.45, 7) is 1.97. The number of hydrogen-bond donors (Lipinski definition) is 2. The first kappa shape index (κ1) is 17.1. The van der Waals surface area contributed by atoms with Crippen LogP contribution in [0.25, 0.3) is 0 Å². The van der Waals surface area contributed by atoms with E-state index < -0.39 is 5.97 Å². The number of methoxy groups -OCH3 is 1. The van der Waals surface area contributed by atoms with Gasteiger partial charge in [0.25, 0.3) is 6.47 Å². The molecule has 0 aromatic rings. The molecule has 0 aromatic carbocycles. The number of carbonyl (C=O) groups is 2. The van der Waals surface area contributed by atoms with Crippen molar-refractivity contribution in [1.82, 2.24) is 5.32 Å². The van der Waals surface area contributed by atoms with Crippen LogP contribution in [0.4, 0.5) is 0 Å². The third-order valence-corrected chi connectivity index (χ3v) is 0.399. The number of carbonyl (C=O) groups excluding carboxylic acids is 1. The predicted molar refractivity (Wildman–Crippen MR) is 46.0 cm³/mol. The Balaban J connectivity index is -0.000000105. The molecule has 0 rings (SSSR count). The van der Waals surface area contributed by atoms with Crippen molar-refractivity contribution in [3.8, 4) is 0 Å². The molecular formula is C7H17NO4. The van der Waals surface area contributed by atoms with E-state index in [-0.39, 0.29) is 6.42 Å². The van der Waals surface area contributed by atoms with Crippen LogP contribution in [0.1, 0.15) is 13.3 Å². The molecule has 0 aliphatic heterocycles. The van der Waals surface area contributed by atoms with Gasteiger partial charge in [0.1, 0.15) is 0 Å². The lowest BCUT2D eigenvalue weighted by Crippen LogP contribution is -1.89. The molecule has 0 radical (unpaired) electrons. The van der Waals surface area contributed by atoms with Gasteiger partial charge in [-0.05, 0) is 14.1 Å². The Labute approximate surface area is 72.7 Å². The number of carboxylic acid groups (broad SMARTS) is 1. The van der Waals surface area contributed by atoms with Crippen molar-refractivity contribution in [2.75, 3.05) is 21.2 Å². The number of hydrogen-bond acceptors (Lipinski definition) is 4. The van der Waals surface area contributed by atoms with Gasteiger partial charge in [-0.15, -0.1) is 0 Å². The molecule has 0 unspecified atom stereocenters. The van der Waals surface area contributed by atoms with Crippen molar-refractivity contribution in [1.29, 1.82) is 0 Å². The highest BCUT2D eigenvalue weighted by molar-refractivity contribution is 5.66. The van der Waals surface area contributed by atoms with Crippen molar-refractivity contribution < 1.29 is 19.4 Å². The molecule has 0 bridgehead atoms. The first-order valence-corrected chi connectivity index (χ1v) is 3.37.